The second kappa shape index (κ2) is 10.5. The van der Waals surface area contributed by atoms with E-state index in [0.717, 1.165) is 46.8 Å². The van der Waals surface area contributed by atoms with E-state index >= 15 is 0 Å². The summed E-state index contributed by atoms with van der Waals surface area (Å²) < 4.78 is 11.5. The molecule has 0 radical (unpaired) electrons. The molecule has 2 aromatic heterocycles. The molecule has 5 rings (SSSR count). The molecular weight excluding hydrogens is 500 g/mol. The van der Waals surface area contributed by atoms with Gasteiger partial charge in [-0.15, -0.1) is 0 Å². The number of benzene rings is 2. The van der Waals surface area contributed by atoms with Crippen molar-refractivity contribution >= 4 is 44.5 Å². The van der Waals surface area contributed by atoms with Crippen LogP contribution in [-0.4, -0.2) is 35.8 Å². The largest absolute Gasteiger partial charge is 0.492 e. The molecule has 0 bridgehead atoms. The first-order valence-corrected chi connectivity index (χ1v) is 14.0. The van der Waals surface area contributed by atoms with Gasteiger partial charge in [0.05, 0.1) is 25.4 Å². The zero-order chi connectivity index (χ0) is 28.8. The number of para-hydroxylation sites is 2. The first-order chi connectivity index (χ1) is 19.1. The van der Waals surface area contributed by atoms with Crippen molar-refractivity contribution in [2.75, 3.05) is 14.2 Å². The van der Waals surface area contributed by atoms with Crippen LogP contribution in [0.25, 0.3) is 33.0 Å². The average Bonchev–Trinajstić information content (AvgIpc) is 3.55. The van der Waals surface area contributed by atoms with Crippen LogP contribution in [0.1, 0.15) is 69.8 Å². The molecule has 2 N–H and O–H groups in total. The second-order valence-electron chi connectivity index (χ2n) is 11.6. The molecule has 2 aromatic carbocycles. The number of nitrogens with one attached hydrogen (secondary N) is 2. The molecule has 0 unspecified atom stereocenters. The Labute approximate surface area is 235 Å². The lowest BCUT2D eigenvalue weighted by Crippen LogP contribution is -2.26. The molecule has 0 fully saturated rings. The number of carbonyl (C=O) groups is 2. The number of Topliss-reactive ketones (excluding diaryl/α,β-unsaturated/α-hetero) is 2. The van der Waals surface area contributed by atoms with Crippen molar-refractivity contribution in [2.24, 2.45) is 5.92 Å². The summed E-state index contributed by atoms with van der Waals surface area (Å²) in [5.41, 5.74) is 5.44. The number of carbonyl (C=O) groups excluding carboxylic acids is 2. The molecule has 6 heteroatoms. The molecule has 0 saturated heterocycles. The number of aromatic amines is 2. The lowest BCUT2D eigenvalue weighted by atomic mass is 9.79. The molecule has 208 valence electrons. The predicted octanol–water partition coefficient (Wildman–Crippen LogP) is 7.49. The minimum Gasteiger partial charge on any atom is -0.492 e. The molecule has 1 aliphatic carbocycles. The summed E-state index contributed by atoms with van der Waals surface area (Å²) in [4.78, 5) is 35.6. The average molecular weight is 539 g/mol. The van der Waals surface area contributed by atoms with Crippen LogP contribution in [0.5, 0.6) is 0 Å². The Morgan fingerprint density at radius 1 is 0.875 bits per heavy atom. The summed E-state index contributed by atoms with van der Waals surface area (Å²) in [5.74, 6) is -0.0982. The Bertz CT molecular complexity index is 1690. The molecule has 0 aliphatic heterocycles. The van der Waals surface area contributed by atoms with E-state index in [-0.39, 0.29) is 39.6 Å². The summed E-state index contributed by atoms with van der Waals surface area (Å²) >= 11 is 0. The van der Waals surface area contributed by atoms with Crippen molar-refractivity contribution in [3.8, 4) is 0 Å². The van der Waals surface area contributed by atoms with Crippen LogP contribution < -0.4 is 0 Å². The predicted molar refractivity (Wildman–Crippen MR) is 161 cm³/mol. The molecule has 0 atom stereocenters. The van der Waals surface area contributed by atoms with Gasteiger partial charge >= 0.3 is 0 Å². The third-order valence-corrected chi connectivity index (χ3v) is 8.31. The third kappa shape index (κ3) is 4.36. The molecule has 0 amide bonds. The number of hydrogen-bond donors (Lipinski definition) is 2. The fourth-order valence-electron chi connectivity index (χ4n) is 5.68. The molecule has 4 aromatic rings. The maximum absolute atomic E-state index is 14.4. The topological polar surface area (TPSA) is 84.2 Å². The van der Waals surface area contributed by atoms with E-state index in [0.29, 0.717) is 17.0 Å². The summed E-state index contributed by atoms with van der Waals surface area (Å²) in [6, 6.07) is 13.9. The van der Waals surface area contributed by atoms with Crippen molar-refractivity contribution in [2.45, 2.75) is 59.3 Å². The lowest BCUT2D eigenvalue weighted by Gasteiger charge is -2.27. The molecular formula is C34H38N2O4. The van der Waals surface area contributed by atoms with E-state index in [2.05, 4.69) is 50.7 Å². The Morgan fingerprint density at radius 2 is 1.52 bits per heavy atom. The van der Waals surface area contributed by atoms with Crippen molar-refractivity contribution in [1.29, 1.82) is 0 Å². The number of hydrogen-bond acceptors (Lipinski definition) is 4. The zero-order valence-electron chi connectivity index (χ0n) is 24.5. The van der Waals surface area contributed by atoms with Crippen LogP contribution in [0.15, 0.2) is 60.2 Å². The Kier molecular flexibility index (Phi) is 7.21. The lowest BCUT2D eigenvalue weighted by molar-refractivity contribution is -0.117. The van der Waals surface area contributed by atoms with Crippen molar-refractivity contribution < 1.29 is 19.1 Å². The van der Waals surface area contributed by atoms with Crippen LogP contribution in [0.4, 0.5) is 0 Å². The number of aryl methyl sites for hydroxylation is 1. The normalized spacial score (nSPS) is 14.8. The fraction of sp³-hybridized carbons (Fsp3) is 0.353. The Balaban J connectivity index is 1.73. The van der Waals surface area contributed by atoms with E-state index < -0.39 is 0 Å². The second-order valence-corrected chi connectivity index (χ2v) is 11.6. The smallest absolute Gasteiger partial charge is 0.232 e. The number of aromatic nitrogens is 2. The van der Waals surface area contributed by atoms with Gasteiger partial charge in [0.2, 0.25) is 11.6 Å². The molecule has 0 saturated carbocycles. The molecule has 6 nitrogen and oxygen atoms in total. The minimum absolute atomic E-state index is 0.0276. The van der Waals surface area contributed by atoms with Gasteiger partial charge in [-0.05, 0) is 36.8 Å². The summed E-state index contributed by atoms with van der Waals surface area (Å²) in [6.45, 7) is 10.8. The third-order valence-electron chi connectivity index (χ3n) is 8.31. The quantitative estimate of drug-likeness (QED) is 0.216. The highest BCUT2D eigenvalue weighted by Gasteiger charge is 2.42. The van der Waals surface area contributed by atoms with Gasteiger partial charge in [-0.25, -0.2) is 0 Å². The van der Waals surface area contributed by atoms with Crippen LogP contribution >= 0.6 is 0 Å². The molecule has 1 aliphatic rings. The van der Waals surface area contributed by atoms with Gasteiger partial charge in [0.1, 0.15) is 0 Å². The van der Waals surface area contributed by atoms with Crippen molar-refractivity contribution in [3.63, 3.8) is 0 Å². The van der Waals surface area contributed by atoms with Crippen LogP contribution in [0.3, 0.4) is 0 Å². The van der Waals surface area contributed by atoms with Crippen molar-refractivity contribution in [3.05, 3.63) is 82.6 Å². The van der Waals surface area contributed by atoms with E-state index in [1.165, 1.54) is 19.8 Å². The summed E-state index contributed by atoms with van der Waals surface area (Å²) in [7, 11) is 2.90. The Morgan fingerprint density at radius 3 is 2.20 bits per heavy atom. The summed E-state index contributed by atoms with van der Waals surface area (Å²) in [5, 5.41) is 1.75. The maximum Gasteiger partial charge on any atom is 0.232 e. The standard InChI is InChI=1S/C34H38N2O4/c1-8-34(4,5)33-25(22-13-9-10-15-24(22)36-33)27-30(38)31(39-6)26(29(37)32(27)40-7)23-18-35-28-20(17-16-19(2)3)12-11-14-21(23)28/h9-15,18-19,35-36H,8,16-17H2,1-7H3. The molecule has 2 heterocycles. The van der Waals surface area contributed by atoms with Gasteiger partial charge in [0.25, 0.3) is 0 Å². The number of allylic oxidation sites excluding steroid dienone is 2. The van der Waals surface area contributed by atoms with Gasteiger partial charge in [-0.1, -0.05) is 71.0 Å². The number of fused-ring (bicyclic) bond motifs is 2. The highest BCUT2D eigenvalue weighted by molar-refractivity contribution is 6.48. The number of H-pyrrole nitrogens is 2. The van der Waals surface area contributed by atoms with Crippen molar-refractivity contribution in [1.82, 2.24) is 9.97 Å². The van der Waals surface area contributed by atoms with Gasteiger partial charge < -0.3 is 19.4 Å². The first-order valence-electron chi connectivity index (χ1n) is 14.0. The first kappa shape index (κ1) is 27.5. The fourth-order valence-corrected chi connectivity index (χ4v) is 5.68. The Hall–Kier alpha value is -4.06. The highest BCUT2D eigenvalue weighted by Crippen LogP contribution is 2.44. The van der Waals surface area contributed by atoms with Gasteiger partial charge in [0.15, 0.2) is 11.5 Å². The number of methoxy groups -OCH3 is 2. The number of rotatable bonds is 9. The SMILES string of the molecule is CCC(C)(C)c1[nH]c2ccccc2c1C1=C(OC)C(=O)C(c2c[nH]c3c(CCC(C)C)cccc23)=C(OC)C1=O. The van der Waals surface area contributed by atoms with Crippen LogP contribution in [-0.2, 0) is 30.9 Å². The monoisotopic (exact) mass is 538 g/mol. The molecule has 40 heavy (non-hydrogen) atoms. The number of ketones is 2. The zero-order valence-corrected chi connectivity index (χ0v) is 24.5. The molecule has 0 spiro atoms. The van der Waals surface area contributed by atoms with Gasteiger partial charge in [-0.2, -0.15) is 0 Å². The van der Waals surface area contributed by atoms with E-state index in [4.69, 9.17) is 9.47 Å². The van der Waals surface area contributed by atoms with Gasteiger partial charge in [-0.3, -0.25) is 9.59 Å². The van der Waals surface area contributed by atoms with E-state index in [1.54, 1.807) is 6.20 Å². The number of ether oxygens (including phenoxy) is 2. The minimum atomic E-state index is -0.368. The maximum atomic E-state index is 14.4. The van der Waals surface area contributed by atoms with E-state index in [1.807, 2.05) is 36.4 Å². The van der Waals surface area contributed by atoms with Gasteiger partial charge in [0, 0.05) is 50.2 Å². The van der Waals surface area contributed by atoms with Crippen LogP contribution in [0.2, 0.25) is 0 Å². The summed E-state index contributed by atoms with van der Waals surface area (Å²) in [6.07, 6.45) is 4.61. The van der Waals surface area contributed by atoms with E-state index in [9.17, 15) is 9.59 Å². The highest BCUT2D eigenvalue weighted by atomic mass is 16.5. The van der Waals surface area contributed by atoms with Crippen LogP contribution in [0, 0.1) is 5.92 Å².